The molecule has 4 nitrogen and oxygen atoms in total. The van der Waals surface area contributed by atoms with Gasteiger partial charge in [0.1, 0.15) is 5.75 Å². The van der Waals surface area contributed by atoms with E-state index in [1.807, 2.05) is 24.3 Å². The summed E-state index contributed by atoms with van der Waals surface area (Å²) in [7, 11) is 3.03. The molecule has 0 bridgehead atoms. The molecule has 2 aromatic carbocycles. The molecular formula is C18H20FNO3. The number of halogens is 1. The summed E-state index contributed by atoms with van der Waals surface area (Å²) in [5, 5.41) is 2.83. The number of ether oxygens (including phenoxy) is 2. The number of methoxy groups -OCH3 is 2. The van der Waals surface area contributed by atoms with Gasteiger partial charge in [0.25, 0.3) is 0 Å². The summed E-state index contributed by atoms with van der Waals surface area (Å²) in [5.74, 6) is 0.382. The number of hydrogen-bond donors (Lipinski definition) is 1. The second kappa shape index (κ2) is 8.17. The molecule has 122 valence electrons. The molecule has 0 saturated carbocycles. The third kappa shape index (κ3) is 4.98. The van der Waals surface area contributed by atoms with E-state index in [1.165, 1.54) is 19.2 Å². The normalized spacial score (nSPS) is 10.2. The highest BCUT2D eigenvalue weighted by atomic mass is 19.1. The van der Waals surface area contributed by atoms with Gasteiger partial charge in [0.2, 0.25) is 5.91 Å². The lowest BCUT2D eigenvalue weighted by atomic mass is 10.1. The summed E-state index contributed by atoms with van der Waals surface area (Å²) >= 11 is 0. The molecule has 0 unspecified atom stereocenters. The van der Waals surface area contributed by atoms with E-state index in [0.717, 1.165) is 17.7 Å². The maximum absolute atomic E-state index is 13.6. The smallest absolute Gasteiger partial charge is 0.224 e. The van der Waals surface area contributed by atoms with Crippen LogP contribution in [0.1, 0.15) is 11.1 Å². The van der Waals surface area contributed by atoms with Crippen LogP contribution in [0, 0.1) is 5.82 Å². The molecule has 23 heavy (non-hydrogen) atoms. The number of benzene rings is 2. The van der Waals surface area contributed by atoms with Crippen LogP contribution in [0.5, 0.6) is 11.5 Å². The molecule has 0 fully saturated rings. The Morgan fingerprint density at radius 3 is 2.35 bits per heavy atom. The predicted molar refractivity (Wildman–Crippen MR) is 86.4 cm³/mol. The molecule has 2 rings (SSSR count). The van der Waals surface area contributed by atoms with Crippen molar-refractivity contribution in [1.82, 2.24) is 5.32 Å². The average Bonchev–Trinajstić information content (AvgIpc) is 2.55. The SMILES string of the molecule is COc1ccc(CCNC(=O)Cc2ccc(OC)c(F)c2)cc1. The van der Waals surface area contributed by atoms with Crippen molar-refractivity contribution in [2.45, 2.75) is 12.8 Å². The van der Waals surface area contributed by atoms with E-state index in [1.54, 1.807) is 13.2 Å². The van der Waals surface area contributed by atoms with E-state index < -0.39 is 5.82 Å². The maximum atomic E-state index is 13.6. The Hall–Kier alpha value is -2.56. The third-order valence-electron chi connectivity index (χ3n) is 3.48. The molecular weight excluding hydrogens is 297 g/mol. The summed E-state index contributed by atoms with van der Waals surface area (Å²) in [6, 6.07) is 12.2. The molecule has 1 amide bonds. The summed E-state index contributed by atoms with van der Waals surface area (Å²) in [6.07, 6.45) is 0.871. The molecule has 1 N–H and O–H groups in total. The van der Waals surface area contributed by atoms with E-state index >= 15 is 0 Å². The standard InChI is InChI=1S/C18H20FNO3/c1-22-15-6-3-13(4-7-15)9-10-20-18(21)12-14-5-8-17(23-2)16(19)11-14/h3-8,11H,9-10,12H2,1-2H3,(H,20,21). The van der Waals surface area contributed by atoms with Gasteiger partial charge < -0.3 is 14.8 Å². The van der Waals surface area contributed by atoms with Gasteiger partial charge in [-0.05, 0) is 41.8 Å². The van der Waals surface area contributed by atoms with Gasteiger partial charge in [-0.1, -0.05) is 18.2 Å². The first kappa shape index (κ1) is 16.8. The topological polar surface area (TPSA) is 47.6 Å². The first-order chi connectivity index (χ1) is 11.1. The van der Waals surface area contributed by atoms with Crippen LogP contribution >= 0.6 is 0 Å². The van der Waals surface area contributed by atoms with Crippen LogP contribution in [-0.4, -0.2) is 26.7 Å². The van der Waals surface area contributed by atoms with Gasteiger partial charge in [0.15, 0.2) is 11.6 Å². The van der Waals surface area contributed by atoms with Crippen LogP contribution in [0.3, 0.4) is 0 Å². The van der Waals surface area contributed by atoms with Crippen molar-refractivity contribution in [3.05, 3.63) is 59.4 Å². The summed E-state index contributed by atoms with van der Waals surface area (Å²) < 4.78 is 23.5. The minimum Gasteiger partial charge on any atom is -0.497 e. The number of nitrogens with one attached hydrogen (secondary N) is 1. The fourth-order valence-corrected chi connectivity index (χ4v) is 2.21. The minimum atomic E-state index is -0.462. The van der Waals surface area contributed by atoms with Crippen molar-refractivity contribution in [2.75, 3.05) is 20.8 Å². The van der Waals surface area contributed by atoms with E-state index in [0.29, 0.717) is 12.1 Å². The Balaban J connectivity index is 1.79. The van der Waals surface area contributed by atoms with Crippen LogP contribution in [0.2, 0.25) is 0 Å². The number of amides is 1. The highest BCUT2D eigenvalue weighted by Crippen LogP contribution is 2.18. The quantitative estimate of drug-likeness (QED) is 0.854. The first-order valence-corrected chi connectivity index (χ1v) is 7.34. The molecule has 0 aromatic heterocycles. The van der Waals surface area contributed by atoms with Crippen LogP contribution in [-0.2, 0) is 17.6 Å². The second-order valence-electron chi connectivity index (χ2n) is 5.09. The number of carbonyl (C=O) groups excluding carboxylic acids is 1. The van der Waals surface area contributed by atoms with Gasteiger partial charge in [-0.3, -0.25) is 4.79 Å². The lowest BCUT2D eigenvalue weighted by Crippen LogP contribution is -2.27. The van der Waals surface area contributed by atoms with Crippen LogP contribution < -0.4 is 14.8 Å². The summed E-state index contributed by atoms with van der Waals surface area (Å²) in [6.45, 7) is 0.532. The monoisotopic (exact) mass is 317 g/mol. The van der Waals surface area contributed by atoms with Crippen molar-refractivity contribution in [1.29, 1.82) is 0 Å². The zero-order valence-corrected chi connectivity index (χ0v) is 13.3. The third-order valence-corrected chi connectivity index (χ3v) is 3.48. The summed E-state index contributed by atoms with van der Waals surface area (Å²) in [5.41, 5.74) is 1.73. The molecule has 0 spiro atoms. The highest BCUT2D eigenvalue weighted by Gasteiger charge is 2.07. The highest BCUT2D eigenvalue weighted by molar-refractivity contribution is 5.78. The predicted octanol–water partition coefficient (Wildman–Crippen LogP) is 2.74. The molecule has 0 radical (unpaired) electrons. The molecule has 2 aromatic rings. The molecule has 0 aliphatic heterocycles. The van der Waals surface area contributed by atoms with Gasteiger partial charge in [0, 0.05) is 6.54 Å². The Morgan fingerprint density at radius 2 is 1.74 bits per heavy atom. The fraction of sp³-hybridized carbons (Fsp3) is 0.278. The summed E-state index contributed by atoms with van der Waals surface area (Å²) in [4.78, 5) is 11.9. The Labute approximate surface area is 135 Å². The van der Waals surface area contributed by atoms with Gasteiger partial charge in [0.05, 0.1) is 20.6 Å². The maximum Gasteiger partial charge on any atom is 0.224 e. The van der Waals surface area contributed by atoms with E-state index in [2.05, 4.69) is 5.32 Å². The van der Waals surface area contributed by atoms with Crippen LogP contribution in [0.4, 0.5) is 4.39 Å². The van der Waals surface area contributed by atoms with E-state index in [9.17, 15) is 9.18 Å². The fourth-order valence-electron chi connectivity index (χ4n) is 2.21. The van der Waals surface area contributed by atoms with Crippen LogP contribution in [0.15, 0.2) is 42.5 Å². The molecule has 0 heterocycles. The van der Waals surface area contributed by atoms with Crippen molar-refractivity contribution in [2.24, 2.45) is 0 Å². The van der Waals surface area contributed by atoms with Crippen molar-refractivity contribution < 1.29 is 18.7 Å². The van der Waals surface area contributed by atoms with Gasteiger partial charge in [-0.2, -0.15) is 0 Å². The van der Waals surface area contributed by atoms with Gasteiger partial charge >= 0.3 is 0 Å². The molecule has 5 heteroatoms. The number of carbonyl (C=O) groups is 1. The number of rotatable bonds is 7. The van der Waals surface area contributed by atoms with E-state index in [-0.39, 0.29) is 18.1 Å². The zero-order valence-electron chi connectivity index (χ0n) is 13.3. The second-order valence-corrected chi connectivity index (χ2v) is 5.09. The van der Waals surface area contributed by atoms with Crippen molar-refractivity contribution >= 4 is 5.91 Å². The lowest BCUT2D eigenvalue weighted by Gasteiger charge is -2.07. The van der Waals surface area contributed by atoms with E-state index in [4.69, 9.17) is 9.47 Å². The van der Waals surface area contributed by atoms with Crippen LogP contribution in [0.25, 0.3) is 0 Å². The Morgan fingerprint density at radius 1 is 1.04 bits per heavy atom. The minimum absolute atomic E-state index is 0.136. The Kier molecular flexibility index (Phi) is 5.97. The zero-order chi connectivity index (χ0) is 16.7. The molecule has 0 atom stereocenters. The van der Waals surface area contributed by atoms with Gasteiger partial charge in [-0.25, -0.2) is 4.39 Å². The molecule has 0 saturated heterocycles. The lowest BCUT2D eigenvalue weighted by molar-refractivity contribution is -0.120. The van der Waals surface area contributed by atoms with Crippen molar-refractivity contribution in [3.8, 4) is 11.5 Å². The van der Waals surface area contributed by atoms with Gasteiger partial charge in [-0.15, -0.1) is 0 Å². The molecule has 0 aliphatic rings. The Bertz CT molecular complexity index is 656. The number of hydrogen-bond acceptors (Lipinski definition) is 3. The average molecular weight is 317 g/mol. The first-order valence-electron chi connectivity index (χ1n) is 7.34. The molecule has 0 aliphatic carbocycles. The largest absolute Gasteiger partial charge is 0.497 e. The van der Waals surface area contributed by atoms with Crippen molar-refractivity contribution in [3.63, 3.8) is 0 Å².